The number of hydrogen-bond donors (Lipinski definition) is 2. The van der Waals surface area contributed by atoms with Gasteiger partial charge in [0.25, 0.3) is 11.2 Å². The summed E-state index contributed by atoms with van der Waals surface area (Å²) in [5, 5.41) is 21.5. The fourth-order valence-corrected chi connectivity index (χ4v) is 3.88. The highest BCUT2D eigenvalue weighted by Crippen LogP contribution is 2.29. The molecule has 0 aliphatic carbocycles. The number of rotatable bonds is 7. The molecule has 0 saturated carbocycles. The van der Waals surface area contributed by atoms with Crippen LogP contribution in [0.25, 0.3) is 0 Å². The van der Waals surface area contributed by atoms with Crippen molar-refractivity contribution in [1.82, 2.24) is 9.55 Å². The highest BCUT2D eigenvalue weighted by molar-refractivity contribution is 14.1. The summed E-state index contributed by atoms with van der Waals surface area (Å²) in [5.74, 6) is -0.456. The predicted octanol–water partition coefficient (Wildman–Crippen LogP) is 1.96. The third-order valence-corrected chi connectivity index (χ3v) is 5.87. The lowest BCUT2D eigenvalue weighted by molar-refractivity contribution is -0.385. The number of benzene rings is 1. The number of aryl methyl sites for hydroxylation is 1. The van der Waals surface area contributed by atoms with Gasteiger partial charge in [0.05, 0.1) is 11.0 Å². The van der Waals surface area contributed by atoms with Crippen molar-refractivity contribution < 1.29 is 29.0 Å². The lowest BCUT2D eigenvalue weighted by atomic mass is 10.0. The number of ether oxygens (including phenoxy) is 3. The van der Waals surface area contributed by atoms with Crippen molar-refractivity contribution in [2.24, 2.45) is 0 Å². The Kier molecular flexibility index (Phi) is 7.86. The van der Waals surface area contributed by atoms with E-state index in [1.54, 1.807) is 19.1 Å². The summed E-state index contributed by atoms with van der Waals surface area (Å²) in [6.45, 7) is 2.73. The third-order valence-electron chi connectivity index (χ3n) is 5.20. The number of aliphatic hydroxyl groups is 1. The van der Waals surface area contributed by atoms with Crippen LogP contribution in [0.2, 0.25) is 0 Å². The zero-order valence-corrected chi connectivity index (χ0v) is 19.9. The molecule has 12 nitrogen and oxygen atoms in total. The first-order valence-corrected chi connectivity index (χ1v) is 11.0. The van der Waals surface area contributed by atoms with Gasteiger partial charge in [0.1, 0.15) is 25.5 Å². The Morgan fingerprint density at radius 1 is 1.42 bits per heavy atom. The maximum absolute atomic E-state index is 12.0. The van der Waals surface area contributed by atoms with E-state index in [0.29, 0.717) is 14.7 Å². The number of aliphatic hydroxyl groups excluding tert-OH is 1. The molecule has 1 saturated heterocycles. The summed E-state index contributed by atoms with van der Waals surface area (Å²) >= 11 is 1.97. The van der Waals surface area contributed by atoms with Gasteiger partial charge in [-0.15, -0.1) is 0 Å². The Morgan fingerprint density at radius 2 is 2.15 bits per heavy atom. The first-order chi connectivity index (χ1) is 15.6. The largest absolute Gasteiger partial charge is 0.508 e. The van der Waals surface area contributed by atoms with E-state index in [2.05, 4.69) is 4.98 Å². The minimum atomic E-state index is -1.02. The number of nitro groups is 1. The normalized spacial score (nSPS) is 20.9. The minimum Gasteiger partial charge on any atom is -0.434 e. The number of H-pyrrole nitrogens is 1. The van der Waals surface area contributed by atoms with Gasteiger partial charge in [-0.05, 0) is 35.6 Å². The smallest absolute Gasteiger partial charge is 0.434 e. The molecule has 2 N–H and O–H groups in total. The molecule has 0 radical (unpaired) electrons. The van der Waals surface area contributed by atoms with Crippen LogP contribution in [0.4, 0.5) is 10.5 Å². The number of hydrogen-bond acceptors (Lipinski definition) is 9. The second-order valence-corrected chi connectivity index (χ2v) is 8.89. The molecule has 1 aromatic heterocycles. The molecule has 2 aromatic rings. The van der Waals surface area contributed by atoms with Crippen LogP contribution in [-0.4, -0.2) is 51.2 Å². The zero-order chi connectivity index (χ0) is 24.3. The van der Waals surface area contributed by atoms with Gasteiger partial charge in [0.15, 0.2) is 0 Å². The van der Waals surface area contributed by atoms with E-state index in [1.165, 1.54) is 19.2 Å². The number of carbonyl (C=O) groups is 1. The second kappa shape index (κ2) is 10.4. The minimum absolute atomic E-state index is 0.0575. The molecular formula is C20H22IN3O9. The van der Waals surface area contributed by atoms with Crippen LogP contribution in [0.3, 0.4) is 0 Å². The molecule has 0 amide bonds. The number of carbonyl (C=O) groups excluding carboxylic acids is 1. The summed E-state index contributed by atoms with van der Waals surface area (Å²) in [7, 11) is 0. The van der Waals surface area contributed by atoms with Crippen LogP contribution >= 0.6 is 22.6 Å². The van der Waals surface area contributed by atoms with Gasteiger partial charge in [-0.2, -0.15) is 0 Å². The number of aromatic nitrogens is 2. The van der Waals surface area contributed by atoms with Crippen LogP contribution in [-0.2, 0) is 14.2 Å². The summed E-state index contributed by atoms with van der Waals surface area (Å²) in [6, 6.07) is 4.78. The average Bonchev–Trinajstić information content (AvgIpc) is 3.13. The van der Waals surface area contributed by atoms with Crippen molar-refractivity contribution in [2.45, 2.75) is 44.6 Å². The summed E-state index contributed by atoms with van der Waals surface area (Å²) in [4.78, 5) is 48.5. The van der Waals surface area contributed by atoms with Crippen LogP contribution in [0.15, 0.2) is 34.0 Å². The van der Waals surface area contributed by atoms with Crippen molar-refractivity contribution in [3.8, 4) is 0 Å². The van der Waals surface area contributed by atoms with E-state index in [9.17, 15) is 29.6 Å². The molecule has 2 unspecified atom stereocenters. The highest BCUT2D eigenvalue weighted by atomic mass is 127. The monoisotopic (exact) mass is 575 g/mol. The topological polar surface area (TPSA) is 163 Å². The van der Waals surface area contributed by atoms with Gasteiger partial charge < -0.3 is 19.3 Å². The SMILES string of the molecule is Cc1cn([C@H]2CC(O)[C@@H](COC(=O)OCC(C)c3ccc(I)cc3[N+](=O)[O-])O2)c(=O)[nH]c1=O. The number of nitro benzene ring substituents is 1. The molecule has 1 fully saturated rings. The van der Waals surface area contributed by atoms with E-state index in [0.717, 1.165) is 4.57 Å². The van der Waals surface area contributed by atoms with Gasteiger partial charge >= 0.3 is 11.8 Å². The quantitative estimate of drug-likeness (QED) is 0.218. The van der Waals surface area contributed by atoms with Crippen LogP contribution in [0, 0.1) is 20.6 Å². The lowest BCUT2D eigenvalue weighted by Gasteiger charge is -2.17. The number of halogens is 1. The van der Waals surface area contributed by atoms with Crippen molar-refractivity contribution in [3.05, 3.63) is 70.0 Å². The predicted molar refractivity (Wildman–Crippen MR) is 122 cm³/mol. The zero-order valence-electron chi connectivity index (χ0n) is 17.7. The van der Waals surface area contributed by atoms with E-state index in [4.69, 9.17) is 14.2 Å². The maximum atomic E-state index is 12.0. The Bertz CT molecular complexity index is 1160. The molecule has 1 aliphatic rings. The highest BCUT2D eigenvalue weighted by Gasteiger charge is 2.36. The van der Waals surface area contributed by atoms with Gasteiger partial charge in [0.2, 0.25) is 0 Å². The Hall–Kier alpha value is -2.78. The van der Waals surface area contributed by atoms with Crippen LogP contribution < -0.4 is 11.2 Å². The molecule has 33 heavy (non-hydrogen) atoms. The number of nitrogens with one attached hydrogen (secondary N) is 1. The van der Waals surface area contributed by atoms with Crippen molar-refractivity contribution in [2.75, 3.05) is 13.2 Å². The Morgan fingerprint density at radius 3 is 2.85 bits per heavy atom. The van der Waals surface area contributed by atoms with E-state index in [1.807, 2.05) is 22.6 Å². The first-order valence-electron chi connectivity index (χ1n) is 9.95. The molecule has 13 heteroatoms. The van der Waals surface area contributed by atoms with E-state index >= 15 is 0 Å². The van der Waals surface area contributed by atoms with Gasteiger partial charge in [-0.1, -0.05) is 13.0 Å². The number of aromatic amines is 1. The second-order valence-electron chi connectivity index (χ2n) is 7.64. The molecular weight excluding hydrogens is 553 g/mol. The van der Waals surface area contributed by atoms with Crippen molar-refractivity contribution >= 4 is 34.4 Å². The molecule has 3 rings (SSSR count). The van der Waals surface area contributed by atoms with E-state index in [-0.39, 0.29) is 25.3 Å². The first kappa shape index (κ1) is 24.9. The van der Waals surface area contributed by atoms with Crippen LogP contribution in [0.1, 0.15) is 36.6 Å². The number of nitrogens with zero attached hydrogens (tertiary/aromatic N) is 2. The van der Waals surface area contributed by atoms with Crippen molar-refractivity contribution in [1.29, 1.82) is 0 Å². The average molecular weight is 575 g/mol. The molecule has 0 bridgehead atoms. The van der Waals surface area contributed by atoms with Gasteiger partial charge in [0, 0.05) is 39.3 Å². The van der Waals surface area contributed by atoms with Crippen LogP contribution in [0.5, 0.6) is 0 Å². The standard InChI is InChI=1S/C20H22IN3O9/c1-10-7-23(19(27)22-18(10)26)17-6-15(25)16(33-17)9-32-20(28)31-8-11(2)13-4-3-12(21)5-14(13)24(29)30/h3-5,7,11,15-17,25H,6,8-9H2,1-2H3,(H,22,26,27)/t11?,15?,16-,17-/m1/s1. The molecule has 0 spiro atoms. The van der Waals surface area contributed by atoms with Gasteiger partial charge in [-0.25, -0.2) is 9.59 Å². The van der Waals surface area contributed by atoms with Gasteiger partial charge in [-0.3, -0.25) is 24.5 Å². The molecule has 178 valence electrons. The molecule has 1 aliphatic heterocycles. The lowest BCUT2D eigenvalue weighted by Crippen LogP contribution is -2.33. The Balaban J connectivity index is 1.53. The Labute approximate surface area is 200 Å². The molecule has 2 heterocycles. The van der Waals surface area contributed by atoms with E-state index < -0.39 is 46.7 Å². The summed E-state index contributed by atoms with van der Waals surface area (Å²) in [5.41, 5.74) is -0.525. The summed E-state index contributed by atoms with van der Waals surface area (Å²) < 4.78 is 17.6. The fraction of sp³-hybridized carbons (Fsp3) is 0.450. The fourth-order valence-electron chi connectivity index (χ4n) is 3.40. The third kappa shape index (κ3) is 5.97. The molecule has 1 aromatic carbocycles. The van der Waals surface area contributed by atoms with Crippen molar-refractivity contribution in [3.63, 3.8) is 0 Å². The molecule has 4 atom stereocenters. The summed E-state index contributed by atoms with van der Waals surface area (Å²) in [6.07, 6.45) is -2.39. The maximum Gasteiger partial charge on any atom is 0.508 e.